The van der Waals surface area contributed by atoms with Gasteiger partial charge in [-0.15, -0.1) is 11.8 Å². The van der Waals surface area contributed by atoms with Crippen molar-refractivity contribution >= 4 is 35.0 Å². The summed E-state index contributed by atoms with van der Waals surface area (Å²) in [5.41, 5.74) is -2.83. The van der Waals surface area contributed by atoms with Crippen LogP contribution in [0.15, 0.2) is 89.8 Å². The molecule has 1 unspecified atom stereocenters. The van der Waals surface area contributed by atoms with Gasteiger partial charge in [0, 0.05) is 10.6 Å². The maximum Gasteiger partial charge on any atom is 0.422 e. The summed E-state index contributed by atoms with van der Waals surface area (Å²) in [6, 6.07) is 23.1. The van der Waals surface area contributed by atoms with Crippen LogP contribution in [0.25, 0.3) is 0 Å². The maximum absolute atomic E-state index is 14.4. The summed E-state index contributed by atoms with van der Waals surface area (Å²) >= 11 is 0.890. The van der Waals surface area contributed by atoms with Gasteiger partial charge in [-0.25, -0.2) is 17.6 Å². The van der Waals surface area contributed by atoms with E-state index in [1.54, 1.807) is 72.0 Å². The molecule has 4 aromatic carbocycles. The summed E-state index contributed by atoms with van der Waals surface area (Å²) < 4.78 is 95.8. The van der Waals surface area contributed by atoms with Gasteiger partial charge in [0.15, 0.2) is 23.3 Å². The maximum atomic E-state index is 14.4. The standard InChI is InChI=1S/C29H19F7N2O2S/c30-22-21(29(34,35)36)23(31)25(33)26(24(22)32)38-28(40)27(17-9-5-2-6-10-17)41-19-13-11-18(12-14-19)37-20(39)15-16-7-3-1-4-8-16/h1-14,27H,15H2,(H,37,39)(H,38,40). The Bertz CT molecular complexity index is 1520. The van der Waals surface area contributed by atoms with Gasteiger partial charge in [-0.2, -0.15) is 13.2 Å². The third-order valence-electron chi connectivity index (χ3n) is 5.74. The van der Waals surface area contributed by atoms with Crippen LogP contribution in [0.4, 0.5) is 42.1 Å². The second-order valence-corrected chi connectivity index (χ2v) is 9.81. The van der Waals surface area contributed by atoms with E-state index in [1.165, 1.54) is 12.1 Å². The highest BCUT2D eigenvalue weighted by Crippen LogP contribution is 2.40. The minimum absolute atomic E-state index is 0.145. The minimum atomic E-state index is -5.71. The minimum Gasteiger partial charge on any atom is -0.326 e. The number of carbonyl (C=O) groups is 2. The highest BCUT2D eigenvalue weighted by molar-refractivity contribution is 8.00. The average Bonchev–Trinajstić information content (AvgIpc) is 2.94. The smallest absolute Gasteiger partial charge is 0.326 e. The zero-order valence-corrected chi connectivity index (χ0v) is 21.6. The fraction of sp³-hybridized carbons (Fsp3) is 0.103. The van der Waals surface area contributed by atoms with Crippen LogP contribution >= 0.6 is 11.8 Å². The molecule has 1 atom stereocenters. The number of halogens is 7. The van der Waals surface area contributed by atoms with Gasteiger partial charge in [0.25, 0.3) is 0 Å². The number of nitrogens with one attached hydrogen (secondary N) is 2. The molecule has 4 aromatic rings. The highest BCUT2D eigenvalue weighted by atomic mass is 32.2. The molecule has 0 aliphatic heterocycles. The van der Waals surface area contributed by atoms with Crippen molar-refractivity contribution in [3.8, 4) is 0 Å². The van der Waals surface area contributed by atoms with Crippen LogP contribution in [0.2, 0.25) is 0 Å². The second-order valence-electron chi connectivity index (χ2n) is 8.64. The molecule has 212 valence electrons. The Morgan fingerprint density at radius 2 is 1.24 bits per heavy atom. The van der Waals surface area contributed by atoms with E-state index in [1.807, 2.05) is 6.07 Å². The lowest BCUT2D eigenvalue weighted by Crippen LogP contribution is -2.23. The first kappa shape index (κ1) is 29.7. The predicted molar refractivity (Wildman–Crippen MR) is 140 cm³/mol. The summed E-state index contributed by atoms with van der Waals surface area (Å²) in [6.45, 7) is 0. The fourth-order valence-electron chi connectivity index (χ4n) is 3.82. The average molecular weight is 593 g/mol. The first-order chi connectivity index (χ1) is 19.5. The molecule has 0 saturated heterocycles. The van der Waals surface area contributed by atoms with Crippen molar-refractivity contribution in [2.75, 3.05) is 10.6 Å². The van der Waals surface area contributed by atoms with E-state index < -0.39 is 51.9 Å². The summed E-state index contributed by atoms with van der Waals surface area (Å²) in [4.78, 5) is 25.9. The Morgan fingerprint density at radius 1 is 0.707 bits per heavy atom. The molecule has 0 aromatic heterocycles. The molecular weight excluding hydrogens is 573 g/mol. The third-order valence-corrected chi connectivity index (χ3v) is 7.00. The van der Waals surface area contributed by atoms with E-state index >= 15 is 0 Å². The number of hydrogen-bond donors (Lipinski definition) is 2. The molecule has 12 heteroatoms. The van der Waals surface area contributed by atoms with E-state index in [2.05, 4.69) is 5.32 Å². The predicted octanol–water partition coefficient (Wildman–Crippen LogP) is 7.92. The number of anilines is 2. The quantitative estimate of drug-likeness (QED) is 0.124. The number of hydrogen-bond acceptors (Lipinski definition) is 3. The van der Waals surface area contributed by atoms with Gasteiger partial charge >= 0.3 is 6.18 Å². The number of carbonyl (C=O) groups excluding carboxylic acids is 2. The van der Waals surface area contributed by atoms with Crippen molar-refractivity contribution in [3.63, 3.8) is 0 Å². The Hall–Kier alpha value is -4.32. The summed E-state index contributed by atoms with van der Waals surface area (Å²) in [6.07, 6.45) is -5.57. The Morgan fingerprint density at radius 3 is 1.78 bits per heavy atom. The van der Waals surface area contributed by atoms with Gasteiger partial charge in [0.1, 0.15) is 16.5 Å². The van der Waals surface area contributed by atoms with E-state index in [9.17, 15) is 40.3 Å². The van der Waals surface area contributed by atoms with Gasteiger partial charge in [0.2, 0.25) is 11.8 Å². The van der Waals surface area contributed by atoms with Crippen molar-refractivity contribution in [3.05, 3.63) is 125 Å². The van der Waals surface area contributed by atoms with Crippen LogP contribution in [0, 0.1) is 23.3 Å². The van der Waals surface area contributed by atoms with Crippen LogP contribution in [-0.4, -0.2) is 11.8 Å². The molecule has 2 amide bonds. The zero-order valence-electron chi connectivity index (χ0n) is 20.7. The van der Waals surface area contributed by atoms with Crippen LogP contribution < -0.4 is 10.6 Å². The fourth-order valence-corrected chi connectivity index (χ4v) is 4.84. The van der Waals surface area contributed by atoms with Gasteiger partial charge in [-0.05, 0) is 35.4 Å². The van der Waals surface area contributed by atoms with Crippen molar-refractivity contribution in [1.29, 1.82) is 0 Å². The summed E-state index contributed by atoms with van der Waals surface area (Å²) in [5.74, 6) is -11.6. The summed E-state index contributed by atoms with van der Waals surface area (Å²) in [5, 5.41) is 3.19. The van der Waals surface area contributed by atoms with Gasteiger partial charge in [0.05, 0.1) is 6.42 Å². The lowest BCUT2D eigenvalue weighted by molar-refractivity contribution is -0.143. The van der Waals surface area contributed by atoms with E-state index in [0.29, 0.717) is 16.1 Å². The largest absolute Gasteiger partial charge is 0.422 e. The first-order valence-electron chi connectivity index (χ1n) is 11.8. The van der Waals surface area contributed by atoms with Crippen molar-refractivity contribution < 1.29 is 40.3 Å². The highest BCUT2D eigenvalue weighted by Gasteiger charge is 2.42. The normalized spacial score (nSPS) is 12.1. The molecule has 0 fully saturated rings. The molecule has 4 rings (SSSR count). The first-order valence-corrected chi connectivity index (χ1v) is 12.7. The number of amides is 2. The number of thioether (sulfide) groups is 1. The van der Waals surface area contributed by atoms with Crippen molar-refractivity contribution in [2.45, 2.75) is 22.7 Å². The molecule has 0 saturated carbocycles. The third kappa shape index (κ3) is 7.07. The van der Waals surface area contributed by atoms with E-state index in [-0.39, 0.29) is 12.3 Å². The van der Waals surface area contributed by atoms with Crippen molar-refractivity contribution in [2.24, 2.45) is 0 Å². The molecule has 0 spiro atoms. The monoisotopic (exact) mass is 592 g/mol. The van der Waals surface area contributed by atoms with Gasteiger partial charge in [-0.1, -0.05) is 60.7 Å². The molecule has 41 heavy (non-hydrogen) atoms. The molecule has 0 bridgehead atoms. The van der Waals surface area contributed by atoms with E-state index in [4.69, 9.17) is 0 Å². The Balaban J connectivity index is 1.55. The van der Waals surface area contributed by atoms with Crippen LogP contribution in [0.5, 0.6) is 0 Å². The molecule has 0 heterocycles. The van der Waals surface area contributed by atoms with Crippen LogP contribution in [-0.2, 0) is 22.2 Å². The Labute approximate surface area is 233 Å². The van der Waals surface area contributed by atoms with Gasteiger partial charge < -0.3 is 10.6 Å². The van der Waals surface area contributed by atoms with Crippen molar-refractivity contribution in [1.82, 2.24) is 0 Å². The molecule has 0 aliphatic carbocycles. The lowest BCUT2D eigenvalue weighted by atomic mass is 10.1. The Kier molecular flexibility index (Phi) is 9.01. The molecule has 0 aliphatic rings. The molecule has 2 N–H and O–H groups in total. The summed E-state index contributed by atoms with van der Waals surface area (Å²) in [7, 11) is 0. The lowest BCUT2D eigenvalue weighted by Gasteiger charge is -2.19. The number of alkyl halides is 3. The molecule has 4 nitrogen and oxygen atoms in total. The van der Waals surface area contributed by atoms with Crippen LogP contribution in [0.1, 0.15) is 21.9 Å². The zero-order chi connectivity index (χ0) is 29.7. The second kappa shape index (κ2) is 12.5. The molecular formula is C29H19F7N2O2S. The SMILES string of the molecule is O=C(Cc1ccccc1)Nc1ccc(SC(C(=O)Nc2c(F)c(F)c(C(F)(F)F)c(F)c2F)c2ccccc2)cc1. The number of rotatable bonds is 8. The van der Waals surface area contributed by atoms with E-state index in [0.717, 1.165) is 17.3 Å². The van der Waals surface area contributed by atoms with Crippen LogP contribution in [0.3, 0.4) is 0 Å². The topological polar surface area (TPSA) is 58.2 Å². The molecule has 0 radical (unpaired) electrons. The number of benzene rings is 4. The van der Waals surface area contributed by atoms with Gasteiger partial charge in [-0.3, -0.25) is 9.59 Å².